The molecule has 1 rings (SSSR count). The van der Waals surface area contributed by atoms with Crippen LogP contribution in [-0.4, -0.2) is 18.6 Å². The Morgan fingerprint density at radius 3 is 2.64 bits per heavy atom. The van der Waals surface area contributed by atoms with Crippen molar-refractivity contribution < 1.29 is 9.53 Å². The Hall–Kier alpha value is -1.35. The molecule has 0 fully saturated rings. The fourth-order valence-corrected chi connectivity index (χ4v) is 1.20. The summed E-state index contributed by atoms with van der Waals surface area (Å²) in [4.78, 5) is 11.2. The van der Waals surface area contributed by atoms with Crippen LogP contribution in [0.15, 0.2) is 30.3 Å². The first-order valence-corrected chi connectivity index (χ1v) is 4.70. The van der Waals surface area contributed by atoms with Crippen molar-refractivity contribution in [2.24, 2.45) is 5.73 Å². The van der Waals surface area contributed by atoms with Gasteiger partial charge in [0.25, 0.3) is 0 Å². The van der Waals surface area contributed by atoms with E-state index >= 15 is 0 Å². The summed E-state index contributed by atoms with van der Waals surface area (Å²) in [5.74, 6) is -0.337. The van der Waals surface area contributed by atoms with E-state index in [9.17, 15) is 4.79 Å². The average Bonchev–Trinajstić information content (AvgIpc) is 2.19. The molecule has 14 heavy (non-hydrogen) atoms. The predicted molar refractivity (Wildman–Crippen MR) is 54.8 cm³/mol. The maximum absolute atomic E-state index is 11.2. The van der Waals surface area contributed by atoms with Crippen LogP contribution in [0.25, 0.3) is 0 Å². The Morgan fingerprint density at radius 2 is 2.07 bits per heavy atom. The van der Waals surface area contributed by atoms with Crippen molar-refractivity contribution in [2.75, 3.05) is 6.61 Å². The smallest absolute Gasteiger partial charge is 0.323 e. The summed E-state index contributed by atoms with van der Waals surface area (Å²) in [6.45, 7) is 2.15. The molecular formula is C11H15NO2. The van der Waals surface area contributed by atoms with Crippen molar-refractivity contribution in [3.63, 3.8) is 0 Å². The zero-order chi connectivity index (χ0) is 10.4. The number of rotatable bonds is 4. The number of benzene rings is 1. The molecule has 0 heterocycles. The predicted octanol–water partition coefficient (Wildman–Crippen LogP) is 1.12. The van der Waals surface area contributed by atoms with E-state index in [1.165, 1.54) is 0 Å². The summed E-state index contributed by atoms with van der Waals surface area (Å²) < 4.78 is 4.81. The lowest BCUT2D eigenvalue weighted by atomic mass is 10.3. The number of nitrogens with two attached hydrogens (primary N) is 1. The third kappa shape index (κ3) is 3.18. The first-order chi connectivity index (χ1) is 6.74. The SMILES string of the molecule is CCOC(=O)[C@@H](N)C[13c]1[13cH][13cH][13cH][13cH][13cH]1. The average molecular weight is 199 g/mol. The highest BCUT2D eigenvalue weighted by molar-refractivity contribution is 5.75. The van der Waals surface area contributed by atoms with Crippen LogP contribution in [0.1, 0.15) is 12.5 Å². The van der Waals surface area contributed by atoms with Crippen molar-refractivity contribution in [1.29, 1.82) is 0 Å². The van der Waals surface area contributed by atoms with Gasteiger partial charge in [0.15, 0.2) is 0 Å². The summed E-state index contributed by atoms with van der Waals surface area (Å²) in [6, 6.07) is 9.11. The minimum absolute atomic E-state index is 0.337. The number of carbonyl (C=O) groups excluding carboxylic acids is 1. The van der Waals surface area contributed by atoms with Gasteiger partial charge in [-0.3, -0.25) is 4.79 Å². The molecule has 0 saturated heterocycles. The topological polar surface area (TPSA) is 52.3 Å². The number of esters is 1. The van der Waals surface area contributed by atoms with Crippen molar-refractivity contribution >= 4 is 5.97 Å². The van der Waals surface area contributed by atoms with Gasteiger partial charge >= 0.3 is 5.97 Å². The number of carbonyl (C=O) groups is 1. The molecule has 0 radical (unpaired) electrons. The Morgan fingerprint density at radius 1 is 1.43 bits per heavy atom. The van der Waals surface area contributed by atoms with Crippen LogP contribution in [0.4, 0.5) is 0 Å². The van der Waals surface area contributed by atoms with Crippen LogP contribution >= 0.6 is 0 Å². The van der Waals surface area contributed by atoms with Crippen molar-refractivity contribution in [2.45, 2.75) is 19.4 Å². The van der Waals surface area contributed by atoms with Gasteiger partial charge in [0.2, 0.25) is 0 Å². The number of ether oxygens (including phenoxy) is 1. The van der Waals surface area contributed by atoms with E-state index in [4.69, 9.17) is 10.5 Å². The lowest BCUT2D eigenvalue weighted by molar-refractivity contribution is -0.144. The highest BCUT2D eigenvalue weighted by Crippen LogP contribution is 2.02. The lowest BCUT2D eigenvalue weighted by Gasteiger charge is -2.09. The molecule has 0 bridgehead atoms. The molecule has 0 saturated carbocycles. The summed E-state index contributed by atoms with van der Waals surface area (Å²) in [6.07, 6.45) is 0.527. The molecule has 0 aliphatic rings. The monoisotopic (exact) mass is 199 g/mol. The first kappa shape index (κ1) is 10.7. The minimum Gasteiger partial charge on any atom is -0.465 e. The summed E-state index contributed by atoms with van der Waals surface area (Å²) in [5.41, 5.74) is 6.71. The van der Waals surface area contributed by atoms with Crippen LogP contribution in [0.5, 0.6) is 0 Å². The molecule has 3 nitrogen and oxygen atoms in total. The molecule has 0 unspecified atom stereocenters. The van der Waals surface area contributed by atoms with Gasteiger partial charge in [-0.1, -0.05) is 30.3 Å². The van der Waals surface area contributed by atoms with Gasteiger partial charge in [-0.15, -0.1) is 0 Å². The fraction of sp³-hybridized carbons (Fsp3) is 0.364. The highest BCUT2D eigenvalue weighted by atomic mass is 16.5. The minimum atomic E-state index is -0.558. The molecule has 0 aliphatic heterocycles. The maximum Gasteiger partial charge on any atom is 0.323 e. The first-order valence-electron chi connectivity index (χ1n) is 4.70. The van der Waals surface area contributed by atoms with E-state index in [-0.39, 0.29) is 5.97 Å². The van der Waals surface area contributed by atoms with E-state index < -0.39 is 6.04 Å². The summed E-state index contributed by atoms with van der Waals surface area (Å²) in [5, 5.41) is 0. The Kier molecular flexibility index (Phi) is 4.13. The largest absolute Gasteiger partial charge is 0.465 e. The standard InChI is InChI=1S/C11H15NO2/c1-2-14-11(13)10(12)8-9-6-4-3-5-7-9/h3-7,10H,2,8,12H2,1H3/t10-/m0/s1/i3+1,4+1,5+1,6+1,7+1,9+1. The van der Waals surface area contributed by atoms with E-state index in [0.717, 1.165) is 5.56 Å². The van der Waals surface area contributed by atoms with Gasteiger partial charge in [0.1, 0.15) is 6.04 Å². The van der Waals surface area contributed by atoms with Gasteiger partial charge in [-0.05, 0) is 18.9 Å². The normalized spacial score (nSPS) is 12.1. The van der Waals surface area contributed by atoms with Crippen molar-refractivity contribution in [3.05, 3.63) is 35.9 Å². The van der Waals surface area contributed by atoms with Crippen LogP contribution in [0.3, 0.4) is 0 Å². The van der Waals surface area contributed by atoms with Crippen molar-refractivity contribution in [1.82, 2.24) is 0 Å². The Bertz CT molecular complexity index is 285. The third-order valence-corrected chi connectivity index (χ3v) is 1.89. The molecule has 2 N–H and O–H groups in total. The molecule has 1 aromatic rings. The molecule has 0 aliphatic carbocycles. The number of hydrogen-bond donors (Lipinski definition) is 1. The van der Waals surface area contributed by atoms with E-state index in [1.54, 1.807) is 6.92 Å². The van der Waals surface area contributed by atoms with E-state index in [0.29, 0.717) is 13.0 Å². The van der Waals surface area contributed by atoms with Crippen LogP contribution in [-0.2, 0) is 16.0 Å². The molecule has 3 heteroatoms. The maximum atomic E-state index is 11.2. The molecule has 1 atom stereocenters. The van der Waals surface area contributed by atoms with E-state index in [1.807, 2.05) is 30.3 Å². The molecule has 76 valence electrons. The van der Waals surface area contributed by atoms with Crippen LogP contribution < -0.4 is 5.73 Å². The fourth-order valence-electron chi connectivity index (χ4n) is 1.20. The Labute approximate surface area is 83.9 Å². The zero-order valence-electron chi connectivity index (χ0n) is 8.27. The Balaban J connectivity index is 2.49. The second kappa shape index (κ2) is 5.40. The van der Waals surface area contributed by atoms with Crippen molar-refractivity contribution in [3.8, 4) is 0 Å². The number of hydrogen-bond acceptors (Lipinski definition) is 3. The summed E-state index contributed by atoms with van der Waals surface area (Å²) in [7, 11) is 0. The quantitative estimate of drug-likeness (QED) is 0.739. The van der Waals surface area contributed by atoms with E-state index in [2.05, 4.69) is 0 Å². The second-order valence-electron chi connectivity index (χ2n) is 3.05. The summed E-state index contributed by atoms with van der Waals surface area (Å²) >= 11 is 0. The van der Waals surface area contributed by atoms with Gasteiger partial charge in [-0.25, -0.2) is 0 Å². The molecule has 0 spiro atoms. The van der Waals surface area contributed by atoms with Gasteiger partial charge < -0.3 is 10.5 Å². The third-order valence-electron chi connectivity index (χ3n) is 1.89. The highest BCUT2D eigenvalue weighted by Gasteiger charge is 2.14. The molecule has 1 aromatic carbocycles. The second-order valence-corrected chi connectivity index (χ2v) is 3.05. The van der Waals surface area contributed by atoms with Gasteiger partial charge in [0.05, 0.1) is 6.61 Å². The lowest BCUT2D eigenvalue weighted by Crippen LogP contribution is -2.34. The van der Waals surface area contributed by atoms with Gasteiger partial charge in [0, 0.05) is 0 Å². The zero-order valence-corrected chi connectivity index (χ0v) is 8.27. The van der Waals surface area contributed by atoms with Crippen LogP contribution in [0.2, 0.25) is 0 Å². The molecule has 0 aromatic heterocycles. The van der Waals surface area contributed by atoms with Crippen LogP contribution in [0, 0.1) is 0 Å². The van der Waals surface area contributed by atoms with Gasteiger partial charge in [-0.2, -0.15) is 0 Å². The molecule has 0 amide bonds. The molecular weight excluding hydrogens is 184 g/mol.